The van der Waals surface area contributed by atoms with Crippen molar-refractivity contribution in [3.8, 4) is 0 Å². The van der Waals surface area contributed by atoms with Gasteiger partial charge in [0.15, 0.2) is 0 Å². The first-order valence-corrected chi connectivity index (χ1v) is 7.80. The number of carbonyl (C=O) groups excluding carboxylic acids is 1. The van der Waals surface area contributed by atoms with E-state index in [4.69, 9.17) is 0 Å². The molecule has 10 heteroatoms. The summed E-state index contributed by atoms with van der Waals surface area (Å²) in [5.41, 5.74) is 0.629. The Morgan fingerprint density at radius 2 is 1.76 bits per heavy atom. The number of benzene rings is 2. The number of nitrogens with one attached hydrogen (secondary N) is 2. The fourth-order valence-electron chi connectivity index (χ4n) is 2.07. The number of hydrogen-bond acceptors (Lipinski definition) is 6. The predicted octanol–water partition coefficient (Wildman–Crippen LogP) is 3.62. The van der Waals surface area contributed by atoms with Crippen LogP contribution in [0.5, 0.6) is 0 Å². The van der Waals surface area contributed by atoms with E-state index in [0.717, 1.165) is 22.2 Å². The summed E-state index contributed by atoms with van der Waals surface area (Å²) in [5, 5.41) is 27.1. The van der Waals surface area contributed by atoms with E-state index in [1.165, 1.54) is 6.07 Å². The number of hydrogen-bond donors (Lipinski definition) is 2. The lowest BCUT2D eigenvalue weighted by atomic mass is 10.2. The molecule has 0 atom stereocenters. The molecule has 2 aromatic rings. The van der Waals surface area contributed by atoms with Gasteiger partial charge in [-0.25, -0.2) is 0 Å². The normalized spacial score (nSPS) is 10.2. The van der Waals surface area contributed by atoms with Gasteiger partial charge in [-0.15, -0.1) is 0 Å². The lowest BCUT2D eigenvalue weighted by molar-refractivity contribution is -0.393. The summed E-state index contributed by atoms with van der Waals surface area (Å²) < 4.78 is 0.877. The maximum absolute atomic E-state index is 12.0. The molecule has 9 nitrogen and oxygen atoms in total. The zero-order chi connectivity index (χ0) is 18.6. The van der Waals surface area contributed by atoms with Gasteiger partial charge in [0.2, 0.25) is 5.91 Å². The molecule has 25 heavy (non-hydrogen) atoms. The molecule has 0 saturated carbocycles. The number of aryl methyl sites for hydroxylation is 1. The minimum Gasteiger partial charge on any atom is -0.371 e. The Labute approximate surface area is 150 Å². The van der Waals surface area contributed by atoms with E-state index in [9.17, 15) is 25.0 Å². The van der Waals surface area contributed by atoms with Gasteiger partial charge in [0, 0.05) is 16.2 Å². The Balaban J connectivity index is 2.08. The number of anilines is 2. The van der Waals surface area contributed by atoms with Crippen LogP contribution in [0.3, 0.4) is 0 Å². The molecule has 0 unspecified atom stereocenters. The maximum Gasteiger partial charge on any atom is 0.299 e. The summed E-state index contributed by atoms with van der Waals surface area (Å²) in [6, 6.07) is 8.52. The quantitative estimate of drug-likeness (QED) is 0.554. The minimum absolute atomic E-state index is 0.0262. The van der Waals surface area contributed by atoms with Gasteiger partial charge in [0.1, 0.15) is 5.69 Å². The molecule has 0 aliphatic heterocycles. The first-order chi connectivity index (χ1) is 11.8. The number of nitrogens with zero attached hydrogens (tertiary/aromatic N) is 2. The standard InChI is InChI=1S/C15H13BrN4O5/c1-9-6-10(16)2-4-12(9)18-15(21)8-17-13-5-3-11(19(22)23)7-14(13)20(24)25/h2-7,17H,8H2,1H3,(H,18,21). The smallest absolute Gasteiger partial charge is 0.299 e. The summed E-state index contributed by atoms with van der Waals surface area (Å²) in [6.07, 6.45) is 0. The molecule has 0 aliphatic rings. The average Bonchev–Trinajstić information content (AvgIpc) is 2.55. The van der Waals surface area contributed by atoms with Crippen LogP contribution in [0, 0.1) is 27.2 Å². The summed E-state index contributed by atoms with van der Waals surface area (Å²) in [5.74, 6) is -0.405. The molecule has 0 fully saturated rings. The summed E-state index contributed by atoms with van der Waals surface area (Å²) in [6.45, 7) is 1.60. The number of amides is 1. The van der Waals surface area contributed by atoms with Crippen molar-refractivity contribution in [3.05, 3.63) is 66.7 Å². The van der Waals surface area contributed by atoms with Gasteiger partial charge in [-0.3, -0.25) is 25.0 Å². The zero-order valence-electron chi connectivity index (χ0n) is 13.0. The third-order valence-corrected chi connectivity index (χ3v) is 3.78. The Hall–Kier alpha value is -3.01. The molecule has 0 bridgehead atoms. The van der Waals surface area contributed by atoms with Crippen LogP contribution in [0.2, 0.25) is 0 Å². The number of rotatable bonds is 6. The molecule has 0 heterocycles. The number of non-ortho nitro benzene ring substituents is 1. The van der Waals surface area contributed by atoms with E-state index >= 15 is 0 Å². The number of carbonyl (C=O) groups is 1. The molecule has 1 amide bonds. The molecule has 130 valence electrons. The van der Waals surface area contributed by atoms with Crippen LogP contribution >= 0.6 is 15.9 Å². The van der Waals surface area contributed by atoms with Gasteiger partial charge >= 0.3 is 0 Å². The van der Waals surface area contributed by atoms with Crippen molar-refractivity contribution in [2.24, 2.45) is 0 Å². The highest BCUT2D eigenvalue weighted by atomic mass is 79.9. The van der Waals surface area contributed by atoms with Crippen LogP contribution < -0.4 is 10.6 Å². The van der Waals surface area contributed by atoms with Gasteiger partial charge in [-0.2, -0.15) is 0 Å². The Kier molecular flexibility index (Phi) is 5.65. The molecule has 0 saturated heterocycles. The second-order valence-corrected chi connectivity index (χ2v) is 5.99. The van der Waals surface area contributed by atoms with Gasteiger partial charge in [0.25, 0.3) is 11.4 Å². The third kappa shape index (κ3) is 4.73. The highest BCUT2D eigenvalue weighted by molar-refractivity contribution is 9.10. The molecule has 0 aliphatic carbocycles. The minimum atomic E-state index is -0.744. The van der Waals surface area contributed by atoms with Crippen molar-refractivity contribution >= 4 is 44.6 Å². The summed E-state index contributed by atoms with van der Waals surface area (Å²) >= 11 is 3.32. The van der Waals surface area contributed by atoms with Crippen LogP contribution in [0.15, 0.2) is 40.9 Å². The lowest BCUT2D eigenvalue weighted by Gasteiger charge is -2.10. The molecule has 2 aromatic carbocycles. The van der Waals surface area contributed by atoms with E-state index in [1.807, 2.05) is 13.0 Å². The molecule has 2 rings (SSSR count). The van der Waals surface area contributed by atoms with E-state index < -0.39 is 27.1 Å². The fourth-order valence-corrected chi connectivity index (χ4v) is 2.55. The molecular formula is C15H13BrN4O5. The lowest BCUT2D eigenvalue weighted by Crippen LogP contribution is -2.22. The number of halogens is 1. The second kappa shape index (κ2) is 7.71. The van der Waals surface area contributed by atoms with Crippen molar-refractivity contribution in [2.45, 2.75) is 6.92 Å². The maximum atomic E-state index is 12.0. The van der Waals surface area contributed by atoms with Crippen molar-refractivity contribution in [1.82, 2.24) is 0 Å². The van der Waals surface area contributed by atoms with Crippen LogP contribution in [0.1, 0.15) is 5.56 Å². The highest BCUT2D eigenvalue weighted by Crippen LogP contribution is 2.28. The molecular weight excluding hydrogens is 396 g/mol. The first kappa shape index (κ1) is 18.3. The largest absolute Gasteiger partial charge is 0.371 e. The summed E-state index contributed by atoms with van der Waals surface area (Å²) in [4.78, 5) is 32.3. The average molecular weight is 409 g/mol. The number of nitro benzene ring substituents is 2. The Morgan fingerprint density at radius 3 is 2.36 bits per heavy atom. The van der Waals surface area contributed by atoms with Crippen LogP contribution in [0.4, 0.5) is 22.7 Å². The van der Waals surface area contributed by atoms with Crippen LogP contribution in [0.25, 0.3) is 0 Å². The van der Waals surface area contributed by atoms with E-state index in [2.05, 4.69) is 26.6 Å². The first-order valence-electron chi connectivity index (χ1n) is 7.00. The topological polar surface area (TPSA) is 127 Å². The SMILES string of the molecule is Cc1cc(Br)ccc1NC(=O)CNc1ccc([N+](=O)[O-])cc1[N+](=O)[O-]. The molecule has 0 aromatic heterocycles. The van der Waals surface area contributed by atoms with E-state index in [1.54, 1.807) is 12.1 Å². The molecule has 0 radical (unpaired) electrons. The van der Waals surface area contributed by atoms with Crippen molar-refractivity contribution in [1.29, 1.82) is 0 Å². The Bertz CT molecular complexity index is 856. The van der Waals surface area contributed by atoms with Gasteiger partial charge in [0.05, 0.1) is 22.5 Å². The highest BCUT2D eigenvalue weighted by Gasteiger charge is 2.19. The van der Waals surface area contributed by atoms with E-state index in [0.29, 0.717) is 5.69 Å². The van der Waals surface area contributed by atoms with Crippen LogP contribution in [-0.4, -0.2) is 22.3 Å². The van der Waals surface area contributed by atoms with Crippen molar-refractivity contribution in [2.75, 3.05) is 17.2 Å². The van der Waals surface area contributed by atoms with Crippen molar-refractivity contribution < 1.29 is 14.6 Å². The monoisotopic (exact) mass is 408 g/mol. The van der Waals surface area contributed by atoms with E-state index in [-0.39, 0.29) is 12.2 Å². The summed E-state index contributed by atoms with van der Waals surface area (Å²) in [7, 11) is 0. The fraction of sp³-hybridized carbons (Fsp3) is 0.133. The van der Waals surface area contributed by atoms with Crippen molar-refractivity contribution in [3.63, 3.8) is 0 Å². The van der Waals surface area contributed by atoms with Crippen LogP contribution in [-0.2, 0) is 4.79 Å². The van der Waals surface area contributed by atoms with Gasteiger partial charge < -0.3 is 10.6 Å². The molecule has 2 N–H and O–H groups in total. The van der Waals surface area contributed by atoms with Gasteiger partial charge in [-0.1, -0.05) is 15.9 Å². The second-order valence-electron chi connectivity index (χ2n) is 5.08. The number of nitro groups is 2. The predicted molar refractivity (Wildman–Crippen MR) is 95.7 cm³/mol. The third-order valence-electron chi connectivity index (χ3n) is 3.29. The Morgan fingerprint density at radius 1 is 1.08 bits per heavy atom. The molecule has 0 spiro atoms. The van der Waals surface area contributed by atoms with Gasteiger partial charge in [-0.05, 0) is 36.8 Å². The zero-order valence-corrected chi connectivity index (χ0v) is 14.6.